The largest absolute Gasteiger partial charge is 0.435 e. The first-order chi connectivity index (χ1) is 11.4. The molecule has 1 atom stereocenters. The third-order valence-electron chi connectivity index (χ3n) is 3.87. The molecule has 0 aromatic carbocycles. The summed E-state index contributed by atoms with van der Waals surface area (Å²) in [5, 5.41) is 20.0. The molecular formula is C15H14F3N5O. The van der Waals surface area contributed by atoms with Crippen molar-refractivity contribution in [2.45, 2.75) is 32.0 Å². The van der Waals surface area contributed by atoms with Gasteiger partial charge in [0.2, 0.25) is 0 Å². The fraction of sp³-hybridized carbons (Fsp3) is 0.467. The van der Waals surface area contributed by atoms with E-state index in [1.54, 1.807) is 6.92 Å². The third kappa shape index (κ3) is 3.10. The van der Waals surface area contributed by atoms with Crippen LogP contribution < -0.4 is 0 Å². The summed E-state index contributed by atoms with van der Waals surface area (Å²) in [5.74, 6) is 0. The molecule has 2 aromatic heterocycles. The summed E-state index contributed by atoms with van der Waals surface area (Å²) in [4.78, 5) is 0. The number of halogens is 3. The molecule has 6 nitrogen and oxygen atoms in total. The molecule has 2 aromatic rings. The van der Waals surface area contributed by atoms with Crippen LogP contribution in [0.5, 0.6) is 0 Å². The van der Waals surface area contributed by atoms with Crippen LogP contribution in [-0.4, -0.2) is 33.2 Å². The van der Waals surface area contributed by atoms with Gasteiger partial charge in [0.05, 0.1) is 23.9 Å². The summed E-state index contributed by atoms with van der Waals surface area (Å²) in [6, 6.07) is 2.99. The molecule has 0 saturated carbocycles. The molecule has 1 unspecified atom stereocenters. The highest BCUT2D eigenvalue weighted by molar-refractivity contribution is 5.65. The van der Waals surface area contributed by atoms with Crippen LogP contribution in [0.4, 0.5) is 13.2 Å². The van der Waals surface area contributed by atoms with E-state index in [1.807, 2.05) is 6.07 Å². The van der Waals surface area contributed by atoms with Gasteiger partial charge in [-0.05, 0) is 31.4 Å². The number of nitrogens with zero attached hydrogens (tertiary/aromatic N) is 5. The fourth-order valence-electron chi connectivity index (χ4n) is 2.70. The lowest BCUT2D eigenvalue weighted by atomic mass is 10.1. The maximum atomic E-state index is 13.4. The van der Waals surface area contributed by atoms with Crippen LogP contribution in [0.2, 0.25) is 0 Å². The number of hydrogen-bond donors (Lipinski definition) is 0. The summed E-state index contributed by atoms with van der Waals surface area (Å²) < 4.78 is 46.8. The van der Waals surface area contributed by atoms with E-state index in [0.29, 0.717) is 25.2 Å². The Bertz CT molecular complexity index is 787. The summed E-state index contributed by atoms with van der Waals surface area (Å²) in [7, 11) is 0. The Balaban J connectivity index is 2.09. The normalized spacial score (nSPS) is 18.4. The zero-order valence-corrected chi connectivity index (χ0v) is 12.8. The Morgan fingerprint density at radius 1 is 1.38 bits per heavy atom. The van der Waals surface area contributed by atoms with Gasteiger partial charge in [0, 0.05) is 12.8 Å². The van der Waals surface area contributed by atoms with Gasteiger partial charge in [0.15, 0.2) is 11.4 Å². The number of ether oxygens (including phenoxy) is 1. The van der Waals surface area contributed by atoms with Gasteiger partial charge in [-0.25, -0.2) is 0 Å². The van der Waals surface area contributed by atoms with Crippen LogP contribution in [-0.2, 0) is 10.9 Å². The Hall–Kier alpha value is -2.47. The quantitative estimate of drug-likeness (QED) is 0.842. The van der Waals surface area contributed by atoms with Gasteiger partial charge < -0.3 is 4.74 Å². The Morgan fingerprint density at radius 2 is 2.17 bits per heavy atom. The van der Waals surface area contributed by atoms with Gasteiger partial charge >= 0.3 is 6.18 Å². The molecule has 126 valence electrons. The lowest BCUT2D eigenvalue weighted by molar-refractivity contribution is -0.141. The zero-order chi connectivity index (χ0) is 17.3. The molecule has 0 aliphatic carbocycles. The van der Waals surface area contributed by atoms with Crippen LogP contribution in [0.15, 0.2) is 12.3 Å². The number of rotatable bonds is 2. The lowest BCUT2D eigenvalue weighted by Crippen LogP contribution is -2.22. The van der Waals surface area contributed by atoms with Gasteiger partial charge in [-0.1, -0.05) is 0 Å². The van der Waals surface area contributed by atoms with Crippen LogP contribution in [0.1, 0.15) is 35.8 Å². The van der Waals surface area contributed by atoms with E-state index in [4.69, 9.17) is 10.00 Å². The van der Waals surface area contributed by atoms with E-state index in [-0.39, 0.29) is 23.0 Å². The molecule has 0 N–H and O–H groups in total. The molecule has 0 amide bonds. The second-order valence-corrected chi connectivity index (χ2v) is 5.61. The monoisotopic (exact) mass is 337 g/mol. The lowest BCUT2D eigenvalue weighted by Gasteiger charge is -2.22. The van der Waals surface area contributed by atoms with Crippen molar-refractivity contribution in [3.63, 3.8) is 0 Å². The molecule has 1 saturated heterocycles. The van der Waals surface area contributed by atoms with Crippen molar-refractivity contribution in [3.05, 3.63) is 29.2 Å². The molecule has 1 aliphatic rings. The Morgan fingerprint density at radius 3 is 2.75 bits per heavy atom. The predicted octanol–water partition coefficient (Wildman–Crippen LogP) is 2.89. The van der Waals surface area contributed by atoms with Gasteiger partial charge in [-0.3, -0.25) is 4.68 Å². The average Bonchev–Trinajstić information content (AvgIpc) is 3.01. The molecule has 0 bridgehead atoms. The summed E-state index contributed by atoms with van der Waals surface area (Å²) in [5.41, 5.74) is -0.577. The van der Waals surface area contributed by atoms with Crippen molar-refractivity contribution in [2.24, 2.45) is 0 Å². The first kappa shape index (κ1) is 16.4. The van der Waals surface area contributed by atoms with E-state index in [9.17, 15) is 13.2 Å². The van der Waals surface area contributed by atoms with Gasteiger partial charge in [-0.15, -0.1) is 10.2 Å². The van der Waals surface area contributed by atoms with Crippen molar-refractivity contribution in [1.29, 1.82) is 5.26 Å². The minimum atomic E-state index is -4.61. The highest BCUT2D eigenvalue weighted by Gasteiger charge is 2.39. The van der Waals surface area contributed by atoms with Gasteiger partial charge in [0.25, 0.3) is 0 Å². The number of aryl methyl sites for hydroxylation is 1. The van der Waals surface area contributed by atoms with Crippen LogP contribution in [0.25, 0.3) is 11.3 Å². The minimum Gasteiger partial charge on any atom is -0.379 e. The van der Waals surface area contributed by atoms with E-state index in [0.717, 1.165) is 6.42 Å². The van der Waals surface area contributed by atoms with Crippen molar-refractivity contribution in [3.8, 4) is 17.3 Å². The standard InChI is InChI=1S/C15H14F3N5O/c1-9-5-10(6-19)20-21-13(9)12-7-23(11-3-2-4-24-8-11)22-14(12)15(16,17)18/h5,7,11H,2-4,8H2,1H3. The number of hydrogen-bond acceptors (Lipinski definition) is 5. The molecule has 24 heavy (non-hydrogen) atoms. The predicted molar refractivity (Wildman–Crippen MR) is 76.8 cm³/mol. The van der Waals surface area contributed by atoms with Crippen molar-refractivity contribution >= 4 is 0 Å². The van der Waals surface area contributed by atoms with Crippen LogP contribution >= 0.6 is 0 Å². The molecule has 3 heterocycles. The molecule has 0 radical (unpaired) electrons. The average molecular weight is 337 g/mol. The van der Waals surface area contributed by atoms with Crippen molar-refractivity contribution < 1.29 is 17.9 Å². The first-order valence-electron chi connectivity index (χ1n) is 7.39. The number of aromatic nitrogens is 4. The molecule has 0 spiro atoms. The molecule has 1 aliphatic heterocycles. The fourth-order valence-corrected chi connectivity index (χ4v) is 2.70. The van der Waals surface area contributed by atoms with Crippen LogP contribution in [0.3, 0.4) is 0 Å². The Labute approximate surface area is 135 Å². The van der Waals surface area contributed by atoms with Crippen molar-refractivity contribution in [2.75, 3.05) is 13.2 Å². The first-order valence-corrected chi connectivity index (χ1v) is 7.39. The smallest absolute Gasteiger partial charge is 0.379 e. The van der Waals surface area contributed by atoms with Crippen molar-refractivity contribution in [1.82, 2.24) is 20.0 Å². The van der Waals surface area contributed by atoms with Gasteiger partial charge in [0.1, 0.15) is 6.07 Å². The number of alkyl halides is 3. The van der Waals surface area contributed by atoms with E-state index >= 15 is 0 Å². The highest BCUT2D eigenvalue weighted by atomic mass is 19.4. The molecular weight excluding hydrogens is 323 g/mol. The van der Waals surface area contributed by atoms with Gasteiger partial charge in [-0.2, -0.15) is 23.5 Å². The topological polar surface area (TPSA) is 76.6 Å². The molecule has 3 rings (SSSR count). The highest BCUT2D eigenvalue weighted by Crippen LogP contribution is 2.37. The molecule has 1 fully saturated rings. The summed E-state index contributed by atoms with van der Waals surface area (Å²) >= 11 is 0. The van der Waals surface area contributed by atoms with E-state index in [1.165, 1.54) is 16.9 Å². The maximum absolute atomic E-state index is 13.4. The number of nitriles is 1. The third-order valence-corrected chi connectivity index (χ3v) is 3.87. The summed E-state index contributed by atoms with van der Waals surface area (Å²) in [6.07, 6.45) is -1.79. The van der Waals surface area contributed by atoms with Crippen LogP contribution in [0, 0.1) is 18.3 Å². The minimum absolute atomic E-state index is 0.0536. The Kier molecular flexibility index (Phi) is 4.24. The summed E-state index contributed by atoms with van der Waals surface area (Å²) in [6.45, 7) is 2.53. The second kappa shape index (κ2) is 6.20. The van der Waals surface area contributed by atoms with E-state index in [2.05, 4.69) is 15.3 Å². The second-order valence-electron chi connectivity index (χ2n) is 5.61. The molecule has 9 heteroatoms. The SMILES string of the molecule is Cc1cc(C#N)nnc1-c1cn(C2CCCOC2)nc1C(F)(F)F. The zero-order valence-electron chi connectivity index (χ0n) is 12.8. The maximum Gasteiger partial charge on any atom is 0.435 e. The van der Waals surface area contributed by atoms with E-state index < -0.39 is 11.9 Å².